The Kier molecular flexibility index (Phi) is 6.48. The second kappa shape index (κ2) is 8.36. The van der Waals surface area contributed by atoms with Crippen molar-refractivity contribution in [2.75, 3.05) is 32.1 Å². The molecule has 6 heteroatoms. The molecule has 0 aliphatic carbocycles. The van der Waals surface area contributed by atoms with Gasteiger partial charge in [-0.05, 0) is 12.5 Å². The average Bonchev–Trinajstić information content (AvgIpc) is 2.54. The fraction of sp³-hybridized carbons (Fsp3) is 0.467. The molecule has 1 fully saturated rings. The lowest BCUT2D eigenvalue weighted by molar-refractivity contribution is -0.119. The minimum Gasteiger partial charge on any atom is -0.378 e. The highest BCUT2D eigenvalue weighted by Gasteiger charge is 2.16. The van der Waals surface area contributed by atoms with Crippen LogP contribution in [0.1, 0.15) is 18.5 Å². The lowest BCUT2D eigenvalue weighted by Gasteiger charge is -2.28. The van der Waals surface area contributed by atoms with Crippen molar-refractivity contribution >= 4 is 34.2 Å². The van der Waals surface area contributed by atoms with Crippen molar-refractivity contribution in [2.45, 2.75) is 13.0 Å². The van der Waals surface area contributed by atoms with Gasteiger partial charge in [-0.25, -0.2) is 0 Å². The Balaban J connectivity index is 1.73. The van der Waals surface area contributed by atoms with Gasteiger partial charge in [-0.15, -0.1) is 0 Å². The number of carbonyl (C=O) groups excluding carboxylic acids is 1. The number of hydrogen-bond donors (Lipinski definition) is 1. The van der Waals surface area contributed by atoms with Gasteiger partial charge in [-0.3, -0.25) is 4.79 Å². The summed E-state index contributed by atoms with van der Waals surface area (Å²) in [6.07, 6.45) is 0. The first-order chi connectivity index (χ1) is 10.2. The van der Waals surface area contributed by atoms with E-state index in [0.29, 0.717) is 19.0 Å². The molecule has 0 spiro atoms. The molecule has 4 nitrogen and oxygen atoms in total. The predicted octanol–water partition coefficient (Wildman–Crippen LogP) is 2.21. The lowest BCUT2D eigenvalue weighted by atomic mass is 10.1. The molecule has 1 aromatic rings. The summed E-state index contributed by atoms with van der Waals surface area (Å²) in [4.78, 5) is 14.1. The number of thioether (sulfide) groups is 1. The van der Waals surface area contributed by atoms with Gasteiger partial charge in [-0.1, -0.05) is 54.3 Å². The van der Waals surface area contributed by atoms with E-state index in [2.05, 4.69) is 10.2 Å². The molecule has 1 atom stereocenters. The standard InChI is InChI=1S/C15H20N2O2S2/c1-12(13-5-3-2-4-6-13)16-14(18)11-21-15(20)17-7-9-19-10-8-17/h2-6,12H,7-11H2,1H3,(H,16,18)/t12-/m1/s1. The molecule has 1 amide bonds. The molecule has 1 saturated heterocycles. The van der Waals surface area contributed by atoms with Crippen LogP contribution in [0.25, 0.3) is 0 Å². The SMILES string of the molecule is C[C@@H](NC(=O)CSC(=S)N1CCOCC1)c1ccccc1. The number of amides is 1. The highest BCUT2D eigenvalue weighted by atomic mass is 32.2. The summed E-state index contributed by atoms with van der Waals surface area (Å²) in [5, 5.41) is 2.99. The summed E-state index contributed by atoms with van der Waals surface area (Å²) in [5.74, 6) is 0.361. The first-order valence-electron chi connectivity index (χ1n) is 7.00. The smallest absolute Gasteiger partial charge is 0.230 e. The fourth-order valence-electron chi connectivity index (χ4n) is 2.07. The highest BCUT2D eigenvalue weighted by Crippen LogP contribution is 2.14. The maximum atomic E-state index is 12.0. The molecule has 2 rings (SSSR count). The van der Waals surface area contributed by atoms with Gasteiger partial charge in [0.1, 0.15) is 4.32 Å². The van der Waals surface area contributed by atoms with E-state index in [1.807, 2.05) is 37.3 Å². The van der Waals surface area contributed by atoms with Gasteiger partial charge >= 0.3 is 0 Å². The van der Waals surface area contributed by atoms with Crippen molar-refractivity contribution in [1.82, 2.24) is 10.2 Å². The van der Waals surface area contributed by atoms with Crippen LogP contribution in [0.2, 0.25) is 0 Å². The Hall–Kier alpha value is -1.11. The predicted molar refractivity (Wildman–Crippen MR) is 90.4 cm³/mol. The minimum atomic E-state index is 0.00645. The zero-order valence-corrected chi connectivity index (χ0v) is 13.7. The zero-order chi connectivity index (χ0) is 15.1. The van der Waals surface area contributed by atoms with Gasteiger partial charge in [0.2, 0.25) is 5.91 Å². The molecule has 1 aliphatic rings. The molecular formula is C15H20N2O2S2. The Morgan fingerprint density at radius 3 is 2.71 bits per heavy atom. The van der Waals surface area contributed by atoms with E-state index in [1.54, 1.807) is 0 Å². The summed E-state index contributed by atoms with van der Waals surface area (Å²) in [6, 6.07) is 9.94. The summed E-state index contributed by atoms with van der Waals surface area (Å²) in [5.41, 5.74) is 1.10. The van der Waals surface area contributed by atoms with E-state index in [9.17, 15) is 4.79 Å². The van der Waals surface area contributed by atoms with Gasteiger partial charge < -0.3 is 15.0 Å². The van der Waals surface area contributed by atoms with Crippen molar-refractivity contribution in [1.29, 1.82) is 0 Å². The third-order valence-electron chi connectivity index (χ3n) is 3.27. The van der Waals surface area contributed by atoms with Gasteiger partial charge in [0, 0.05) is 13.1 Å². The summed E-state index contributed by atoms with van der Waals surface area (Å²) in [6.45, 7) is 5.02. The van der Waals surface area contributed by atoms with Crippen LogP contribution in [-0.2, 0) is 9.53 Å². The quantitative estimate of drug-likeness (QED) is 0.860. The van der Waals surface area contributed by atoms with Crippen molar-refractivity contribution in [3.05, 3.63) is 35.9 Å². The Morgan fingerprint density at radius 1 is 1.38 bits per heavy atom. The molecular weight excluding hydrogens is 304 g/mol. The van der Waals surface area contributed by atoms with E-state index < -0.39 is 0 Å². The van der Waals surface area contributed by atoms with E-state index in [4.69, 9.17) is 17.0 Å². The number of thiocarbonyl (C=S) groups is 1. The minimum absolute atomic E-state index is 0.00645. The summed E-state index contributed by atoms with van der Waals surface area (Å²) >= 11 is 6.77. The number of nitrogens with zero attached hydrogens (tertiary/aromatic N) is 1. The van der Waals surface area contributed by atoms with Crippen LogP contribution in [0.4, 0.5) is 0 Å². The third-order valence-corrected chi connectivity index (χ3v) is 4.80. The number of ether oxygens (including phenoxy) is 1. The monoisotopic (exact) mass is 324 g/mol. The molecule has 0 unspecified atom stereocenters. The zero-order valence-electron chi connectivity index (χ0n) is 12.1. The fourth-order valence-corrected chi connectivity index (χ4v) is 3.14. The number of nitrogens with one attached hydrogen (secondary N) is 1. The maximum Gasteiger partial charge on any atom is 0.230 e. The molecule has 0 aromatic heterocycles. The van der Waals surface area contributed by atoms with E-state index in [-0.39, 0.29) is 11.9 Å². The number of morpholine rings is 1. The number of carbonyl (C=O) groups is 1. The summed E-state index contributed by atoms with van der Waals surface area (Å²) in [7, 11) is 0. The second-order valence-electron chi connectivity index (χ2n) is 4.85. The van der Waals surface area contributed by atoms with Gasteiger partial charge in [0.05, 0.1) is 25.0 Å². The van der Waals surface area contributed by atoms with Crippen molar-refractivity contribution in [3.63, 3.8) is 0 Å². The largest absolute Gasteiger partial charge is 0.378 e. The second-order valence-corrected chi connectivity index (χ2v) is 6.46. The Morgan fingerprint density at radius 2 is 2.05 bits per heavy atom. The first kappa shape index (κ1) is 16.3. The first-order valence-corrected chi connectivity index (χ1v) is 8.40. The maximum absolute atomic E-state index is 12.0. The van der Waals surface area contributed by atoms with E-state index >= 15 is 0 Å². The van der Waals surface area contributed by atoms with E-state index in [0.717, 1.165) is 23.0 Å². The average molecular weight is 324 g/mol. The van der Waals surface area contributed by atoms with Crippen LogP contribution in [0, 0.1) is 0 Å². The lowest BCUT2D eigenvalue weighted by Crippen LogP contribution is -2.39. The highest BCUT2D eigenvalue weighted by molar-refractivity contribution is 8.23. The van der Waals surface area contributed by atoms with Crippen LogP contribution in [0.3, 0.4) is 0 Å². The van der Waals surface area contributed by atoms with Crippen molar-refractivity contribution in [2.24, 2.45) is 0 Å². The Labute approximate surface area is 135 Å². The third kappa shape index (κ3) is 5.30. The number of hydrogen-bond acceptors (Lipinski definition) is 4. The normalized spacial score (nSPS) is 16.3. The molecule has 1 aromatic carbocycles. The van der Waals surface area contributed by atoms with Gasteiger partial charge in [0.15, 0.2) is 0 Å². The van der Waals surface area contributed by atoms with Crippen molar-refractivity contribution < 1.29 is 9.53 Å². The molecule has 114 valence electrons. The van der Waals surface area contributed by atoms with Crippen LogP contribution in [0.5, 0.6) is 0 Å². The molecule has 1 N–H and O–H groups in total. The van der Waals surface area contributed by atoms with Crippen LogP contribution < -0.4 is 5.32 Å². The molecule has 0 bridgehead atoms. The molecule has 1 heterocycles. The number of rotatable bonds is 4. The van der Waals surface area contributed by atoms with Crippen LogP contribution in [0.15, 0.2) is 30.3 Å². The van der Waals surface area contributed by atoms with E-state index in [1.165, 1.54) is 11.8 Å². The van der Waals surface area contributed by atoms with Gasteiger partial charge in [0.25, 0.3) is 0 Å². The Bertz CT molecular complexity index is 476. The van der Waals surface area contributed by atoms with Crippen molar-refractivity contribution in [3.8, 4) is 0 Å². The van der Waals surface area contributed by atoms with Crippen LogP contribution >= 0.6 is 24.0 Å². The summed E-state index contributed by atoms with van der Waals surface area (Å²) < 4.78 is 6.07. The molecule has 21 heavy (non-hydrogen) atoms. The molecule has 1 aliphatic heterocycles. The number of benzene rings is 1. The molecule has 0 saturated carbocycles. The molecule has 0 radical (unpaired) electrons. The van der Waals surface area contributed by atoms with Gasteiger partial charge in [-0.2, -0.15) is 0 Å². The van der Waals surface area contributed by atoms with Crippen LogP contribution in [-0.4, -0.2) is 47.2 Å². The topological polar surface area (TPSA) is 41.6 Å².